The smallest absolute Gasteiger partial charge is 0.160 e. The summed E-state index contributed by atoms with van der Waals surface area (Å²) >= 11 is 5.86. The number of hydrogen-bond donors (Lipinski definition) is 0. The molecule has 0 spiro atoms. The van der Waals surface area contributed by atoms with E-state index in [-0.39, 0.29) is 0 Å². The zero-order valence-corrected chi connectivity index (χ0v) is 12.0. The van der Waals surface area contributed by atoms with Crippen molar-refractivity contribution in [3.05, 3.63) is 23.7 Å². The van der Waals surface area contributed by atoms with Gasteiger partial charge in [-0.3, -0.25) is 0 Å². The van der Waals surface area contributed by atoms with Crippen molar-refractivity contribution in [3.63, 3.8) is 0 Å². The van der Waals surface area contributed by atoms with Crippen LogP contribution in [0, 0.1) is 12.8 Å². The van der Waals surface area contributed by atoms with Crippen LogP contribution in [0.4, 0.5) is 0 Å². The van der Waals surface area contributed by atoms with Gasteiger partial charge in [0.15, 0.2) is 5.65 Å². The maximum absolute atomic E-state index is 5.86. The average Bonchev–Trinajstić information content (AvgIpc) is 2.63. The van der Waals surface area contributed by atoms with Crippen LogP contribution in [0.15, 0.2) is 12.3 Å². The van der Waals surface area contributed by atoms with E-state index < -0.39 is 0 Å². The third-order valence-electron chi connectivity index (χ3n) is 3.05. The number of imidazole rings is 1. The number of aromatic nitrogens is 3. The molecule has 0 atom stereocenters. The number of fused-ring (bicyclic) bond motifs is 1. The molecule has 0 fully saturated rings. The Labute approximate surface area is 113 Å². The fraction of sp³-hybridized carbons (Fsp3) is 0.571. The number of hydrogen-bond acceptors (Lipinski definition) is 2. The Hall–Kier alpha value is -1.09. The van der Waals surface area contributed by atoms with Gasteiger partial charge in [0, 0.05) is 25.0 Å². The van der Waals surface area contributed by atoms with E-state index in [9.17, 15) is 0 Å². The lowest BCUT2D eigenvalue weighted by molar-refractivity contribution is 0.512. The highest BCUT2D eigenvalue weighted by Gasteiger charge is 2.11. The predicted octanol–water partition coefficient (Wildman–Crippen LogP) is 3.57. The summed E-state index contributed by atoms with van der Waals surface area (Å²) in [6.45, 7) is 7.48. The molecule has 2 heterocycles. The molecule has 0 radical (unpaired) electrons. The van der Waals surface area contributed by atoms with Gasteiger partial charge in [0.25, 0.3) is 0 Å². The van der Waals surface area contributed by atoms with Crippen LogP contribution in [0.5, 0.6) is 0 Å². The molecule has 98 valence electrons. The van der Waals surface area contributed by atoms with Crippen LogP contribution in [-0.2, 0) is 13.0 Å². The summed E-state index contributed by atoms with van der Waals surface area (Å²) < 4.78 is 2.22. The molecule has 2 aromatic rings. The minimum Gasteiger partial charge on any atom is -0.313 e. The van der Waals surface area contributed by atoms with Crippen molar-refractivity contribution < 1.29 is 0 Å². The molecule has 0 amide bonds. The molecular formula is C14H20ClN3. The Morgan fingerprint density at radius 2 is 2.17 bits per heavy atom. The number of halogens is 1. The van der Waals surface area contributed by atoms with E-state index >= 15 is 0 Å². The molecule has 0 saturated heterocycles. The molecule has 0 aromatic carbocycles. The first-order valence-electron chi connectivity index (χ1n) is 6.49. The van der Waals surface area contributed by atoms with Gasteiger partial charge in [-0.05, 0) is 30.9 Å². The van der Waals surface area contributed by atoms with E-state index in [1.54, 1.807) is 0 Å². The van der Waals surface area contributed by atoms with Crippen LogP contribution in [-0.4, -0.2) is 20.4 Å². The summed E-state index contributed by atoms with van der Waals surface area (Å²) in [7, 11) is 0. The van der Waals surface area contributed by atoms with Crippen LogP contribution >= 0.6 is 11.6 Å². The lowest BCUT2D eigenvalue weighted by Crippen LogP contribution is -2.07. The molecular weight excluding hydrogens is 246 g/mol. The fourth-order valence-corrected chi connectivity index (χ4v) is 2.23. The number of nitrogens with zero attached hydrogens (tertiary/aromatic N) is 3. The van der Waals surface area contributed by atoms with E-state index in [0.29, 0.717) is 11.8 Å². The lowest BCUT2D eigenvalue weighted by Gasteiger charge is -2.09. The SMILES string of the molecule is Cc1cnc2c(c1)nc(CCCl)n2CCC(C)C. The summed E-state index contributed by atoms with van der Waals surface area (Å²) in [5.41, 5.74) is 3.12. The van der Waals surface area contributed by atoms with Crippen LogP contribution in [0.25, 0.3) is 11.2 Å². The maximum atomic E-state index is 5.86. The standard InChI is InChI=1S/C14H20ClN3/c1-10(2)5-7-18-13(4-6-15)17-12-8-11(3)9-16-14(12)18/h8-10H,4-7H2,1-3H3. The van der Waals surface area contributed by atoms with Crippen molar-refractivity contribution >= 4 is 22.8 Å². The molecule has 0 saturated carbocycles. The van der Waals surface area contributed by atoms with Crippen molar-refractivity contribution in [1.29, 1.82) is 0 Å². The molecule has 2 aromatic heterocycles. The van der Waals surface area contributed by atoms with Gasteiger partial charge in [-0.25, -0.2) is 9.97 Å². The van der Waals surface area contributed by atoms with Crippen LogP contribution < -0.4 is 0 Å². The third kappa shape index (κ3) is 2.83. The minimum absolute atomic E-state index is 0.601. The Bertz CT molecular complexity index is 531. The van der Waals surface area contributed by atoms with Gasteiger partial charge < -0.3 is 4.57 Å². The number of aryl methyl sites for hydroxylation is 3. The summed E-state index contributed by atoms with van der Waals surface area (Å²) in [6, 6.07) is 2.09. The van der Waals surface area contributed by atoms with Crippen LogP contribution in [0.1, 0.15) is 31.7 Å². The van der Waals surface area contributed by atoms with Crippen molar-refractivity contribution in [1.82, 2.24) is 14.5 Å². The van der Waals surface area contributed by atoms with Gasteiger partial charge in [0.05, 0.1) is 0 Å². The van der Waals surface area contributed by atoms with Gasteiger partial charge in [0.1, 0.15) is 11.3 Å². The highest BCUT2D eigenvalue weighted by Crippen LogP contribution is 2.17. The second-order valence-corrected chi connectivity index (χ2v) is 5.53. The average molecular weight is 266 g/mol. The first kappa shape index (κ1) is 13.3. The topological polar surface area (TPSA) is 30.7 Å². The summed E-state index contributed by atoms with van der Waals surface area (Å²) in [6.07, 6.45) is 3.84. The normalized spacial score (nSPS) is 11.6. The maximum Gasteiger partial charge on any atom is 0.160 e. The molecule has 0 aliphatic heterocycles. The zero-order chi connectivity index (χ0) is 13.1. The van der Waals surface area contributed by atoms with E-state index in [4.69, 9.17) is 11.6 Å². The second kappa shape index (κ2) is 5.70. The number of pyridine rings is 1. The molecule has 0 aliphatic carbocycles. The first-order valence-corrected chi connectivity index (χ1v) is 7.03. The van der Waals surface area contributed by atoms with Crippen molar-refractivity contribution in [2.45, 2.75) is 40.2 Å². The van der Waals surface area contributed by atoms with Gasteiger partial charge in [-0.1, -0.05) is 13.8 Å². The molecule has 0 N–H and O–H groups in total. The van der Waals surface area contributed by atoms with Gasteiger partial charge in [-0.2, -0.15) is 0 Å². The highest BCUT2D eigenvalue weighted by molar-refractivity contribution is 6.17. The Morgan fingerprint density at radius 3 is 2.83 bits per heavy atom. The van der Waals surface area contributed by atoms with Crippen LogP contribution in [0.3, 0.4) is 0 Å². The summed E-state index contributed by atoms with van der Waals surface area (Å²) in [5, 5.41) is 0. The molecule has 4 heteroatoms. The molecule has 18 heavy (non-hydrogen) atoms. The Morgan fingerprint density at radius 1 is 1.39 bits per heavy atom. The van der Waals surface area contributed by atoms with Crippen molar-refractivity contribution in [3.8, 4) is 0 Å². The van der Waals surface area contributed by atoms with E-state index in [2.05, 4.69) is 34.4 Å². The zero-order valence-electron chi connectivity index (χ0n) is 11.3. The van der Waals surface area contributed by atoms with E-state index in [1.807, 2.05) is 13.1 Å². The van der Waals surface area contributed by atoms with Crippen LogP contribution in [0.2, 0.25) is 0 Å². The molecule has 0 unspecified atom stereocenters. The second-order valence-electron chi connectivity index (χ2n) is 5.16. The van der Waals surface area contributed by atoms with Crippen molar-refractivity contribution in [2.75, 3.05) is 5.88 Å². The van der Waals surface area contributed by atoms with E-state index in [1.165, 1.54) is 0 Å². The van der Waals surface area contributed by atoms with E-state index in [0.717, 1.165) is 41.9 Å². The predicted molar refractivity (Wildman–Crippen MR) is 76.1 cm³/mol. The fourth-order valence-electron chi connectivity index (χ4n) is 2.06. The minimum atomic E-state index is 0.601. The molecule has 0 aliphatic rings. The first-order chi connectivity index (χ1) is 8.61. The largest absolute Gasteiger partial charge is 0.313 e. The Kier molecular flexibility index (Phi) is 4.23. The lowest BCUT2D eigenvalue weighted by atomic mass is 10.1. The molecule has 2 rings (SSSR count). The molecule has 3 nitrogen and oxygen atoms in total. The van der Waals surface area contributed by atoms with Gasteiger partial charge in [-0.15, -0.1) is 11.6 Å². The summed E-state index contributed by atoms with van der Waals surface area (Å²) in [5.74, 6) is 2.33. The molecule has 0 bridgehead atoms. The number of rotatable bonds is 5. The highest BCUT2D eigenvalue weighted by atomic mass is 35.5. The summed E-state index contributed by atoms with van der Waals surface area (Å²) in [4.78, 5) is 9.18. The van der Waals surface area contributed by atoms with Gasteiger partial charge in [0.2, 0.25) is 0 Å². The number of alkyl halides is 1. The third-order valence-corrected chi connectivity index (χ3v) is 3.24. The van der Waals surface area contributed by atoms with Gasteiger partial charge >= 0.3 is 0 Å². The monoisotopic (exact) mass is 265 g/mol. The quantitative estimate of drug-likeness (QED) is 0.774. The van der Waals surface area contributed by atoms with Crippen molar-refractivity contribution in [2.24, 2.45) is 5.92 Å². The Balaban J connectivity index is 2.41.